The number of hydrogen-bond donors (Lipinski definition) is 2. The molecule has 0 bridgehead atoms. The Morgan fingerprint density at radius 2 is 2.11 bits per heavy atom. The Morgan fingerprint density at radius 3 is 2.77 bits per heavy atom. The molecule has 1 atom stereocenters. The van der Waals surface area contributed by atoms with E-state index >= 15 is 0 Å². The van der Waals surface area contributed by atoms with Crippen molar-refractivity contribution >= 4 is 23.2 Å². The van der Waals surface area contributed by atoms with Gasteiger partial charge in [0.1, 0.15) is 11.9 Å². The minimum absolute atomic E-state index is 0.0137. The molecule has 1 aliphatic heterocycles. The summed E-state index contributed by atoms with van der Waals surface area (Å²) < 4.78 is 1.64. The molecule has 0 aromatic carbocycles. The first-order valence-electron chi connectivity index (χ1n) is 11.2. The Kier molecular flexibility index (Phi) is 5.49. The summed E-state index contributed by atoms with van der Waals surface area (Å²) in [4.78, 5) is 23.0. The third-order valence-electron chi connectivity index (χ3n) is 6.34. The summed E-state index contributed by atoms with van der Waals surface area (Å²) in [7, 11) is 0. The van der Waals surface area contributed by atoms with Gasteiger partial charge in [0.25, 0.3) is 5.91 Å². The Bertz CT molecular complexity index is 1420. The van der Waals surface area contributed by atoms with E-state index in [1.54, 1.807) is 23.0 Å². The highest BCUT2D eigenvalue weighted by atomic mass is 16.1. The van der Waals surface area contributed by atoms with Gasteiger partial charge in [0.05, 0.1) is 11.3 Å². The lowest BCUT2D eigenvalue weighted by Gasteiger charge is -2.45. The van der Waals surface area contributed by atoms with Crippen molar-refractivity contribution in [1.29, 1.82) is 5.26 Å². The van der Waals surface area contributed by atoms with Gasteiger partial charge in [-0.05, 0) is 30.7 Å². The quantitative estimate of drug-likeness (QED) is 0.449. The second kappa shape index (κ2) is 8.64. The smallest absolute Gasteiger partial charge is 0.254 e. The zero-order valence-electron chi connectivity index (χ0n) is 19.4. The van der Waals surface area contributed by atoms with E-state index in [1.807, 2.05) is 30.3 Å². The highest BCUT2D eigenvalue weighted by Gasteiger charge is 2.37. The molecule has 0 saturated carbocycles. The highest BCUT2D eigenvalue weighted by molar-refractivity contribution is 5.97. The first-order valence-corrected chi connectivity index (χ1v) is 11.2. The summed E-state index contributed by atoms with van der Waals surface area (Å²) in [6.45, 7) is 5.73. The first kappa shape index (κ1) is 22.2. The van der Waals surface area contributed by atoms with Gasteiger partial charge in [-0.3, -0.25) is 9.78 Å². The van der Waals surface area contributed by atoms with E-state index in [-0.39, 0.29) is 22.7 Å². The number of piperidine rings is 1. The fourth-order valence-electron chi connectivity index (χ4n) is 4.45. The number of carbonyl (C=O) groups excluding carboxylic acids is 1. The van der Waals surface area contributed by atoms with E-state index in [4.69, 9.17) is 16.1 Å². The van der Waals surface area contributed by atoms with Gasteiger partial charge in [-0.2, -0.15) is 14.9 Å². The number of aromatic nitrogens is 6. The number of primary amides is 1. The Labute approximate surface area is 201 Å². The molecule has 11 heteroatoms. The molecule has 1 amide bonds. The number of hydrogen-bond acceptors (Lipinski definition) is 9. The van der Waals surface area contributed by atoms with Crippen LogP contribution >= 0.6 is 0 Å². The van der Waals surface area contributed by atoms with Crippen LogP contribution in [0.25, 0.3) is 16.9 Å². The van der Waals surface area contributed by atoms with Gasteiger partial charge >= 0.3 is 0 Å². The first-order chi connectivity index (χ1) is 16.9. The van der Waals surface area contributed by atoms with Crippen molar-refractivity contribution in [2.75, 3.05) is 23.3 Å². The second-order valence-corrected chi connectivity index (χ2v) is 9.21. The molecule has 176 valence electrons. The molecule has 0 aliphatic carbocycles. The number of nitrogens with one attached hydrogen (secondary N) is 1. The highest BCUT2D eigenvalue weighted by Crippen LogP contribution is 2.34. The topological polar surface area (TPSA) is 151 Å². The molecule has 1 saturated heterocycles. The molecule has 11 nitrogen and oxygen atoms in total. The summed E-state index contributed by atoms with van der Waals surface area (Å²) in [5, 5.41) is 25.4. The van der Waals surface area contributed by atoms with Crippen molar-refractivity contribution in [3.8, 4) is 17.3 Å². The number of anilines is 2. The van der Waals surface area contributed by atoms with Crippen LogP contribution in [0.2, 0.25) is 0 Å². The van der Waals surface area contributed by atoms with Gasteiger partial charge in [0.2, 0.25) is 0 Å². The van der Waals surface area contributed by atoms with E-state index < -0.39 is 5.91 Å². The van der Waals surface area contributed by atoms with Gasteiger partial charge in [0.15, 0.2) is 17.2 Å². The van der Waals surface area contributed by atoms with Crippen molar-refractivity contribution < 1.29 is 4.79 Å². The maximum absolute atomic E-state index is 12.3. The van der Waals surface area contributed by atoms with Crippen molar-refractivity contribution in [2.45, 2.75) is 26.3 Å². The number of amides is 1. The lowest BCUT2D eigenvalue weighted by Crippen LogP contribution is -2.52. The van der Waals surface area contributed by atoms with E-state index in [9.17, 15) is 4.79 Å². The molecule has 35 heavy (non-hydrogen) atoms. The summed E-state index contributed by atoms with van der Waals surface area (Å²) in [5.41, 5.74) is 8.19. The summed E-state index contributed by atoms with van der Waals surface area (Å²) in [6.07, 6.45) is 5.69. The van der Waals surface area contributed by atoms with Crippen LogP contribution in [0.15, 0.2) is 48.9 Å². The molecule has 1 unspecified atom stereocenters. The zero-order chi connectivity index (χ0) is 24.6. The van der Waals surface area contributed by atoms with Crippen molar-refractivity contribution in [3.05, 3.63) is 60.2 Å². The lowest BCUT2D eigenvalue weighted by atomic mass is 9.79. The minimum atomic E-state index is -0.580. The molecular weight excluding hydrogens is 444 g/mol. The van der Waals surface area contributed by atoms with Crippen LogP contribution in [0.1, 0.15) is 36.3 Å². The maximum Gasteiger partial charge on any atom is 0.254 e. The van der Waals surface area contributed by atoms with Gasteiger partial charge in [-0.1, -0.05) is 13.8 Å². The van der Waals surface area contributed by atoms with Crippen LogP contribution in [0, 0.1) is 16.7 Å². The van der Waals surface area contributed by atoms with Gasteiger partial charge in [-0.15, -0.1) is 10.2 Å². The van der Waals surface area contributed by atoms with Crippen LogP contribution in [-0.2, 0) is 0 Å². The van der Waals surface area contributed by atoms with Crippen LogP contribution < -0.4 is 16.0 Å². The number of pyridine rings is 1. The Hall–Kier alpha value is -4.59. The monoisotopic (exact) mass is 468 g/mol. The van der Waals surface area contributed by atoms with E-state index in [2.05, 4.69) is 44.2 Å². The third-order valence-corrected chi connectivity index (χ3v) is 6.34. The summed E-state index contributed by atoms with van der Waals surface area (Å²) in [6, 6.07) is 11.1. The Balaban J connectivity index is 1.46. The molecule has 3 N–H and O–H groups in total. The number of rotatable bonds is 5. The molecule has 0 radical (unpaired) electrons. The van der Waals surface area contributed by atoms with Crippen LogP contribution in [0.3, 0.4) is 0 Å². The fraction of sp³-hybridized carbons (Fsp3) is 0.292. The number of fused-ring (bicyclic) bond motifs is 1. The van der Waals surface area contributed by atoms with Crippen LogP contribution in [-0.4, -0.2) is 54.8 Å². The van der Waals surface area contributed by atoms with Gasteiger partial charge in [-0.25, -0.2) is 4.98 Å². The predicted molar refractivity (Wildman–Crippen MR) is 130 cm³/mol. The van der Waals surface area contributed by atoms with E-state index in [0.29, 0.717) is 23.7 Å². The maximum atomic E-state index is 12.3. The van der Waals surface area contributed by atoms with Crippen molar-refractivity contribution in [1.82, 2.24) is 29.8 Å². The van der Waals surface area contributed by atoms with Gasteiger partial charge < -0.3 is 16.0 Å². The van der Waals surface area contributed by atoms with Crippen molar-refractivity contribution in [3.63, 3.8) is 0 Å². The van der Waals surface area contributed by atoms with Gasteiger partial charge in [0, 0.05) is 54.8 Å². The molecule has 1 aliphatic rings. The zero-order valence-corrected chi connectivity index (χ0v) is 19.4. The van der Waals surface area contributed by atoms with Crippen LogP contribution in [0.4, 0.5) is 11.6 Å². The molecule has 0 spiro atoms. The van der Waals surface area contributed by atoms with E-state index in [0.717, 1.165) is 24.3 Å². The molecule has 4 aromatic heterocycles. The average Bonchev–Trinajstić information content (AvgIpc) is 3.30. The normalized spacial score (nSPS) is 17.2. The third kappa shape index (κ3) is 4.21. The SMILES string of the molecule is CC1(C)CN(c2ccc(C#N)nn2)CCC1Nc1c(C(N)=O)cnc2cc(-c3cccnc3)nn12. The minimum Gasteiger partial charge on any atom is -0.366 e. The Morgan fingerprint density at radius 1 is 1.26 bits per heavy atom. The lowest BCUT2D eigenvalue weighted by molar-refractivity contribution is 0.1000. The number of nitriles is 1. The average molecular weight is 469 g/mol. The number of nitrogens with zero attached hydrogens (tertiary/aromatic N) is 8. The van der Waals surface area contributed by atoms with Crippen LogP contribution in [0.5, 0.6) is 0 Å². The molecule has 1 fully saturated rings. The molecule has 4 aromatic rings. The number of carbonyl (C=O) groups is 1. The summed E-state index contributed by atoms with van der Waals surface area (Å²) >= 11 is 0. The standard InChI is InChI=1S/C24H24N10O/c1-24(2)14-33(20-6-5-16(11-25)30-31-20)9-7-19(24)29-23-17(22(26)35)13-28-21-10-18(32-34(21)23)15-4-3-8-27-12-15/h3-6,8,10,12-13,19,29H,7,9,14H2,1-2H3,(H2,26,35). The fourth-order valence-corrected chi connectivity index (χ4v) is 4.45. The predicted octanol–water partition coefficient (Wildman–Crippen LogP) is 2.27. The molecule has 5 heterocycles. The van der Waals surface area contributed by atoms with Crippen molar-refractivity contribution in [2.24, 2.45) is 11.1 Å². The number of nitrogens with two attached hydrogens (primary N) is 1. The second-order valence-electron chi connectivity index (χ2n) is 9.21. The largest absolute Gasteiger partial charge is 0.366 e. The molecule has 5 rings (SSSR count). The van der Waals surface area contributed by atoms with E-state index in [1.165, 1.54) is 6.20 Å². The molecular formula is C24H24N10O. The summed E-state index contributed by atoms with van der Waals surface area (Å²) in [5.74, 6) is 0.665.